The number of nitrogens with zero attached hydrogens (tertiary/aromatic N) is 2. The van der Waals surface area contributed by atoms with E-state index in [0.29, 0.717) is 6.04 Å². The summed E-state index contributed by atoms with van der Waals surface area (Å²) in [4.78, 5) is 10.9. The summed E-state index contributed by atoms with van der Waals surface area (Å²) in [5.74, 6) is 1.13. The molecule has 2 aromatic rings. The van der Waals surface area contributed by atoms with Crippen LogP contribution in [0.5, 0.6) is 0 Å². The highest BCUT2D eigenvalue weighted by atomic mass is 16.3. The predicted molar refractivity (Wildman–Crippen MR) is 94.9 cm³/mol. The first-order valence-corrected chi connectivity index (χ1v) is 9.33. The van der Waals surface area contributed by atoms with Gasteiger partial charge in [-0.05, 0) is 57.1 Å². The van der Waals surface area contributed by atoms with Crippen molar-refractivity contribution in [1.29, 1.82) is 0 Å². The second-order valence-electron chi connectivity index (χ2n) is 7.25. The monoisotopic (exact) mass is 325 g/mol. The molecule has 1 fully saturated rings. The Kier molecular flexibility index (Phi) is 4.67. The van der Waals surface area contributed by atoms with Crippen LogP contribution in [0.2, 0.25) is 0 Å². The SMILES string of the molecule is O[C@@H](Cc1ccccc1)CN1CCC[C@@H]1c1nc2c([nH]1)CCCC2. The molecule has 4 heteroatoms. The van der Waals surface area contributed by atoms with Crippen molar-refractivity contribution >= 4 is 0 Å². The highest BCUT2D eigenvalue weighted by molar-refractivity contribution is 5.20. The fourth-order valence-electron chi connectivity index (χ4n) is 4.21. The topological polar surface area (TPSA) is 52.1 Å². The molecule has 2 aliphatic rings. The summed E-state index contributed by atoms with van der Waals surface area (Å²) in [6.07, 6.45) is 7.54. The van der Waals surface area contributed by atoms with E-state index < -0.39 is 0 Å². The third-order valence-corrected chi connectivity index (χ3v) is 5.41. The quantitative estimate of drug-likeness (QED) is 0.888. The van der Waals surface area contributed by atoms with Gasteiger partial charge in [0.2, 0.25) is 0 Å². The minimum absolute atomic E-state index is 0.322. The van der Waals surface area contributed by atoms with Crippen molar-refractivity contribution in [3.05, 3.63) is 53.1 Å². The van der Waals surface area contributed by atoms with Gasteiger partial charge in [-0.25, -0.2) is 4.98 Å². The van der Waals surface area contributed by atoms with Crippen LogP contribution in [0, 0.1) is 0 Å². The van der Waals surface area contributed by atoms with Gasteiger partial charge >= 0.3 is 0 Å². The number of aryl methyl sites for hydroxylation is 2. The van der Waals surface area contributed by atoms with E-state index in [-0.39, 0.29) is 6.10 Å². The first kappa shape index (κ1) is 15.9. The highest BCUT2D eigenvalue weighted by Gasteiger charge is 2.30. The molecule has 0 spiro atoms. The molecule has 24 heavy (non-hydrogen) atoms. The van der Waals surface area contributed by atoms with Gasteiger partial charge in [-0.15, -0.1) is 0 Å². The number of likely N-dealkylation sites (tertiary alicyclic amines) is 1. The van der Waals surface area contributed by atoms with Crippen LogP contribution in [-0.2, 0) is 19.3 Å². The number of H-pyrrole nitrogens is 1. The molecule has 1 aliphatic carbocycles. The number of aliphatic hydroxyl groups excluding tert-OH is 1. The number of nitrogens with one attached hydrogen (secondary N) is 1. The summed E-state index contributed by atoms with van der Waals surface area (Å²) >= 11 is 0. The smallest absolute Gasteiger partial charge is 0.124 e. The van der Waals surface area contributed by atoms with Crippen LogP contribution in [-0.4, -0.2) is 39.2 Å². The molecule has 1 aromatic heterocycles. The van der Waals surface area contributed by atoms with E-state index in [9.17, 15) is 5.11 Å². The third kappa shape index (κ3) is 3.40. The lowest BCUT2D eigenvalue weighted by Crippen LogP contribution is -2.33. The van der Waals surface area contributed by atoms with Crippen molar-refractivity contribution in [2.75, 3.05) is 13.1 Å². The zero-order valence-corrected chi connectivity index (χ0v) is 14.2. The van der Waals surface area contributed by atoms with Gasteiger partial charge in [0.1, 0.15) is 5.82 Å². The molecule has 1 aromatic carbocycles. The average molecular weight is 325 g/mol. The third-order valence-electron chi connectivity index (χ3n) is 5.41. The number of imidazole rings is 1. The van der Waals surface area contributed by atoms with Crippen molar-refractivity contribution < 1.29 is 5.11 Å². The molecule has 2 heterocycles. The molecule has 1 saturated heterocycles. The van der Waals surface area contributed by atoms with E-state index in [1.54, 1.807) is 0 Å². The molecule has 4 rings (SSSR count). The van der Waals surface area contributed by atoms with Gasteiger partial charge in [-0.3, -0.25) is 4.90 Å². The zero-order valence-electron chi connectivity index (χ0n) is 14.2. The normalized spacial score (nSPS) is 22.5. The van der Waals surface area contributed by atoms with Gasteiger partial charge < -0.3 is 10.1 Å². The van der Waals surface area contributed by atoms with Crippen molar-refractivity contribution in [2.45, 2.75) is 57.1 Å². The summed E-state index contributed by atoms with van der Waals surface area (Å²) in [7, 11) is 0. The van der Waals surface area contributed by atoms with Gasteiger partial charge in [0.25, 0.3) is 0 Å². The average Bonchev–Trinajstić information content (AvgIpc) is 3.21. The first-order valence-electron chi connectivity index (χ1n) is 9.33. The molecular formula is C20H27N3O. The number of hydrogen-bond donors (Lipinski definition) is 2. The molecule has 2 atom stereocenters. The molecule has 0 amide bonds. The standard InChI is InChI=1S/C20H27N3O/c24-16(13-15-7-2-1-3-8-15)14-23-12-6-11-19(23)20-21-17-9-4-5-10-18(17)22-20/h1-3,7-8,16,19,24H,4-6,9-14H2,(H,21,22)/t16-,19+/m0/s1. The van der Waals surface area contributed by atoms with E-state index >= 15 is 0 Å². The van der Waals surface area contributed by atoms with Gasteiger partial charge in [-0.1, -0.05) is 30.3 Å². The second kappa shape index (κ2) is 7.08. The molecule has 2 N–H and O–H groups in total. The molecule has 0 saturated carbocycles. The zero-order chi connectivity index (χ0) is 16.4. The highest BCUT2D eigenvalue weighted by Crippen LogP contribution is 2.32. The Morgan fingerprint density at radius 3 is 2.83 bits per heavy atom. The van der Waals surface area contributed by atoms with E-state index in [0.717, 1.165) is 44.6 Å². The summed E-state index contributed by atoms with van der Waals surface area (Å²) in [5, 5.41) is 10.5. The number of β-amino-alcohol motifs (C(OH)–C–C–N with tert-alkyl or cyclic N) is 1. The molecule has 0 bridgehead atoms. The summed E-state index contributed by atoms with van der Waals surface area (Å²) in [6.45, 7) is 1.78. The summed E-state index contributed by atoms with van der Waals surface area (Å²) < 4.78 is 0. The summed E-state index contributed by atoms with van der Waals surface area (Å²) in [6, 6.07) is 10.6. The van der Waals surface area contributed by atoms with Gasteiger partial charge in [0, 0.05) is 12.2 Å². The lowest BCUT2D eigenvalue weighted by Gasteiger charge is -2.25. The van der Waals surface area contributed by atoms with Gasteiger partial charge in [0.05, 0.1) is 17.8 Å². The van der Waals surface area contributed by atoms with Crippen molar-refractivity contribution in [2.24, 2.45) is 0 Å². The molecule has 0 radical (unpaired) electrons. The number of aromatic amines is 1. The largest absolute Gasteiger partial charge is 0.391 e. The van der Waals surface area contributed by atoms with Crippen LogP contribution in [0.3, 0.4) is 0 Å². The van der Waals surface area contributed by atoms with Crippen molar-refractivity contribution in [3.63, 3.8) is 0 Å². The van der Waals surface area contributed by atoms with E-state index in [1.165, 1.54) is 36.2 Å². The Balaban J connectivity index is 1.42. The molecule has 0 unspecified atom stereocenters. The first-order chi connectivity index (χ1) is 11.8. The predicted octanol–water partition coefficient (Wildman–Crippen LogP) is 3.03. The second-order valence-corrected chi connectivity index (χ2v) is 7.25. The number of benzene rings is 1. The van der Waals surface area contributed by atoms with Crippen LogP contribution in [0.15, 0.2) is 30.3 Å². The maximum atomic E-state index is 10.5. The van der Waals surface area contributed by atoms with Crippen LogP contribution >= 0.6 is 0 Å². The Morgan fingerprint density at radius 2 is 2.00 bits per heavy atom. The lowest BCUT2D eigenvalue weighted by atomic mass is 10.0. The summed E-state index contributed by atoms with van der Waals surface area (Å²) in [5.41, 5.74) is 3.84. The van der Waals surface area contributed by atoms with Crippen LogP contribution in [0.1, 0.15) is 54.5 Å². The van der Waals surface area contributed by atoms with Crippen molar-refractivity contribution in [1.82, 2.24) is 14.9 Å². The fourth-order valence-corrected chi connectivity index (χ4v) is 4.21. The Hall–Kier alpha value is -1.65. The lowest BCUT2D eigenvalue weighted by molar-refractivity contribution is 0.104. The van der Waals surface area contributed by atoms with E-state index in [2.05, 4.69) is 22.0 Å². The van der Waals surface area contributed by atoms with E-state index in [1.807, 2.05) is 18.2 Å². The molecule has 1 aliphatic heterocycles. The van der Waals surface area contributed by atoms with Gasteiger partial charge in [0.15, 0.2) is 0 Å². The Morgan fingerprint density at radius 1 is 1.17 bits per heavy atom. The maximum Gasteiger partial charge on any atom is 0.124 e. The maximum absolute atomic E-state index is 10.5. The Bertz CT molecular complexity index is 643. The minimum atomic E-state index is -0.322. The molecular weight excluding hydrogens is 298 g/mol. The number of hydrogen-bond acceptors (Lipinski definition) is 3. The number of aromatic nitrogens is 2. The van der Waals surface area contributed by atoms with E-state index in [4.69, 9.17) is 4.98 Å². The number of aliphatic hydroxyl groups is 1. The molecule has 128 valence electrons. The van der Waals surface area contributed by atoms with Gasteiger partial charge in [-0.2, -0.15) is 0 Å². The Labute approximate surface area is 143 Å². The fraction of sp³-hybridized carbons (Fsp3) is 0.550. The molecule has 4 nitrogen and oxygen atoms in total. The van der Waals surface area contributed by atoms with Crippen LogP contribution < -0.4 is 0 Å². The number of rotatable bonds is 5. The van der Waals surface area contributed by atoms with Crippen molar-refractivity contribution in [3.8, 4) is 0 Å². The minimum Gasteiger partial charge on any atom is -0.391 e. The number of fused-ring (bicyclic) bond motifs is 1. The van der Waals surface area contributed by atoms with Crippen LogP contribution in [0.4, 0.5) is 0 Å². The van der Waals surface area contributed by atoms with Crippen LogP contribution in [0.25, 0.3) is 0 Å².